The molecular formula is C12H15BrN2O2S. The Morgan fingerprint density at radius 3 is 2.94 bits per heavy atom. The smallest absolute Gasteiger partial charge is 0.270 e. The van der Waals surface area contributed by atoms with Gasteiger partial charge in [0.1, 0.15) is 0 Å². The fraction of sp³-hybridized carbons (Fsp3) is 0.333. The summed E-state index contributed by atoms with van der Waals surface area (Å²) in [6.07, 6.45) is 1.88. The summed E-state index contributed by atoms with van der Waals surface area (Å²) in [6.45, 7) is 5.16. The highest BCUT2D eigenvalue weighted by molar-refractivity contribution is 9.10. The van der Waals surface area contributed by atoms with Crippen LogP contribution in [0.4, 0.5) is 5.69 Å². The van der Waals surface area contributed by atoms with Crippen molar-refractivity contribution in [1.82, 2.24) is 5.32 Å². The zero-order valence-electron chi connectivity index (χ0n) is 9.89. The first-order valence-electron chi connectivity index (χ1n) is 5.46. The van der Waals surface area contributed by atoms with Crippen molar-refractivity contribution >= 4 is 33.4 Å². The average Bonchev–Trinajstić information content (AvgIpc) is 2.33. The maximum atomic E-state index is 10.7. The Morgan fingerprint density at radius 1 is 1.50 bits per heavy atom. The van der Waals surface area contributed by atoms with Crippen molar-refractivity contribution in [2.24, 2.45) is 0 Å². The zero-order valence-corrected chi connectivity index (χ0v) is 12.3. The van der Waals surface area contributed by atoms with Crippen LogP contribution in [-0.4, -0.2) is 23.0 Å². The summed E-state index contributed by atoms with van der Waals surface area (Å²) >= 11 is 5.08. The molecule has 0 bridgehead atoms. The molecule has 0 aliphatic rings. The Hall–Kier alpha value is -0.850. The molecule has 0 heterocycles. The largest absolute Gasteiger partial charge is 0.312 e. The standard InChI is InChI=1S/C12H15BrN2O2S/c1-2-4-18-5-3-14-9-10-6-11(13)8-12(7-10)15(16)17/h2,6-8,14H,1,3-5,9H2. The van der Waals surface area contributed by atoms with Crippen molar-refractivity contribution in [2.75, 3.05) is 18.1 Å². The Bertz CT molecular complexity index is 427. The summed E-state index contributed by atoms with van der Waals surface area (Å²) in [5.41, 5.74) is 1.02. The molecule has 0 amide bonds. The molecule has 0 aliphatic carbocycles. The summed E-state index contributed by atoms with van der Waals surface area (Å²) in [6, 6.07) is 4.98. The molecule has 1 aromatic carbocycles. The van der Waals surface area contributed by atoms with Gasteiger partial charge in [0.2, 0.25) is 0 Å². The van der Waals surface area contributed by atoms with E-state index in [4.69, 9.17) is 0 Å². The number of non-ortho nitro benzene ring substituents is 1. The molecule has 0 saturated carbocycles. The van der Waals surface area contributed by atoms with Crippen LogP contribution < -0.4 is 5.32 Å². The SMILES string of the molecule is C=CCSCCNCc1cc(Br)cc([N+](=O)[O-])c1. The van der Waals surface area contributed by atoms with Gasteiger partial charge in [0.05, 0.1) is 4.92 Å². The van der Waals surface area contributed by atoms with E-state index in [0.717, 1.165) is 28.1 Å². The van der Waals surface area contributed by atoms with Crippen molar-refractivity contribution in [2.45, 2.75) is 6.54 Å². The number of benzene rings is 1. The van der Waals surface area contributed by atoms with E-state index in [2.05, 4.69) is 27.8 Å². The minimum Gasteiger partial charge on any atom is -0.312 e. The Morgan fingerprint density at radius 2 is 2.28 bits per heavy atom. The summed E-state index contributed by atoms with van der Waals surface area (Å²) in [5.74, 6) is 1.95. The molecule has 0 aliphatic heterocycles. The fourth-order valence-electron chi connectivity index (χ4n) is 1.38. The molecule has 0 saturated heterocycles. The normalized spacial score (nSPS) is 10.3. The molecule has 0 fully saturated rings. The van der Waals surface area contributed by atoms with Gasteiger partial charge >= 0.3 is 0 Å². The summed E-state index contributed by atoms with van der Waals surface area (Å²) in [5, 5.41) is 14.0. The van der Waals surface area contributed by atoms with Crippen LogP contribution in [0.3, 0.4) is 0 Å². The molecule has 4 nitrogen and oxygen atoms in total. The third kappa shape index (κ3) is 5.66. The van der Waals surface area contributed by atoms with E-state index in [-0.39, 0.29) is 10.6 Å². The second-order valence-electron chi connectivity index (χ2n) is 3.62. The molecular weight excluding hydrogens is 316 g/mol. The number of hydrogen-bond acceptors (Lipinski definition) is 4. The van der Waals surface area contributed by atoms with Crippen molar-refractivity contribution in [3.63, 3.8) is 0 Å². The average molecular weight is 331 g/mol. The molecule has 0 spiro atoms. The molecule has 6 heteroatoms. The molecule has 98 valence electrons. The van der Waals surface area contributed by atoms with Crippen LogP contribution in [-0.2, 0) is 6.54 Å². The summed E-state index contributed by atoms with van der Waals surface area (Å²) in [7, 11) is 0. The molecule has 1 aromatic rings. The van der Waals surface area contributed by atoms with Crippen molar-refractivity contribution in [1.29, 1.82) is 0 Å². The maximum absolute atomic E-state index is 10.7. The highest BCUT2D eigenvalue weighted by atomic mass is 79.9. The highest BCUT2D eigenvalue weighted by Gasteiger charge is 2.08. The van der Waals surface area contributed by atoms with E-state index in [9.17, 15) is 10.1 Å². The van der Waals surface area contributed by atoms with E-state index in [0.29, 0.717) is 6.54 Å². The van der Waals surface area contributed by atoms with E-state index < -0.39 is 0 Å². The van der Waals surface area contributed by atoms with Gasteiger partial charge in [0, 0.05) is 41.2 Å². The molecule has 18 heavy (non-hydrogen) atoms. The lowest BCUT2D eigenvalue weighted by Gasteiger charge is -2.05. The third-order valence-electron chi connectivity index (χ3n) is 2.14. The topological polar surface area (TPSA) is 55.2 Å². The quantitative estimate of drug-likeness (QED) is 0.343. The molecule has 0 unspecified atom stereocenters. The predicted octanol–water partition coefficient (Wildman–Crippen LogP) is 3.37. The predicted molar refractivity (Wildman–Crippen MR) is 80.0 cm³/mol. The third-order valence-corrected chi connectivity index (χ3v) is 3.56. The second-order valence-corrected chi connectivity index (χ2v) is 5.68. The van der Waals surface area contributed by atoms with Crippen molar-refractivity contribution in [3.05, 3.63) is 51.0 Å². The van der Waals surface area contributed by atoms with Gasteiger partial charge < -0.3 is 5.32 Å². The lowest BCUT2D eigenvalue weighted by Crippen LogP contribution is -2.16. The van der Waals surface area contributed by atoms with E-state index in [1.54, 1.807) is 17.8 Å². The number of nitro benzene ring substituents is 1. The molecule has 1 N–H and O–H groups in total. The van der Waals surface area contributed by atoms with E-state index in [1.807, 2.05) is 12.1 Å². The van der Waals surface area contributed by atoms with Crippen molar-refractivity contribution < 1.29 is 4.92 Å². The van der Waals surface area contributed by atoms with Gasteiger partial charge in [-0.2, -0.15) is 11.8 Å². The van der Waals surface area contributed by atoms with Crippen LogP contribution in [0.5, 0.6) is 0 Å². The van der Waals surface area contributed by atoms with Gasteiger partial charge in [-0.05, 0) is 11.6 Å². The highest BCUT2D eigenvalue weighted by Crippen LogP contribution is 2.21. The Kier molecular flexibility index (Phi) is 7.00. The van der Waals surface area contributed by atoms with Gasteiger partial charge in [-0.15, -0.1) is 6.58 Å². The van der Waals surface area contributed by atoms with E-state index >= 15 is 0 Å². The monoisotopic (exact) mass is 330 g/mol. The van der Waals surface area contributed by atoms with Gasteiger partial charge in [-0.25, -0.2) is 0 Å². The van der Waals surface area contributed by atoms with Crippen LogP contribution in [0.15, 0.2) is 35.3 Å². The van der Waals surface area contributed by atoms with Gasteiger partial charge in [0.25, 0.3) is 5.69 Å². The van der Waals surface area contributed by atoms with Crippen molar-refractivity contribution in [3.8, 4) is 0 Å². The zero-order chi connectivity index (χ0) is 13.4. The number of rotatable bonds is 8. The number of nitrogens with one attached hydrogen (secondary N) is 1. The first-order valence-corrected chi connectivity index (χ1v) is 7.41. The van der Waals surface area contributed by atoms with Gasteiger partial charge in [-0.3, -0.25) is 10.1 Å². The van der Waals surface area contributed by atoms with Crippen LogP contribution in [0.25, 0.3) is 0 Å². The first-order chi connectivity index (χ1) is 8.63. The van der Waals surface area contributed by atoms with E-state index in [1.165, 1.54) is 6.07 Å². The number of nitro groups is 1. The second kappa shape index (κ2) is 8.29. The first kappa shape index (κ1) is 15.2. The molecule has 0 atom stereocenters. The summed E-state index contributed by atoms with van der Waals surface area (Å²) < 4.78 is 0.731. The molecule has 0 radical (unpaired) electrons. The fourth-order valence-corrected chi connectivity index (χ4v) is 2.54. The Labute approximate surface area is 119 Å². The maximum Gasteiger partial charge on any atom is 0.270 e. The summed E-state index contributed by atoms with van der Waals surface area (Å²) in [4.78, 5) is 10.3. The minimum atomic E-state index is -0.381. The van der Waals surface area contributed by atoms with Crippen LogP contribution >= 0.6 is 27.7 Å². The number of thioether (sulfide) groups is 1. The van der Waals surface area contributed by atoms with Crippen LogP contribution in [0, 0.1) is 10.1 Å². The number of nitrogens with zero attached hydrogens (tertiary/aromatic N) is 1. The Balaban J connectivity index is 2.42. The molecule has 0 aromatic heterocycles. The minimum absolute atomic E-state index is 0.113. The molecule has 1 rings (SSSR count). The number of hydrogen-bond donors (Lipinski definition) is 1. The van der Waals surface area contributed by atoms with Gasteiger partial charge in [-0.1, -0.05) is 22.0 Å². The van der Waals surface area contributed by atoms with Gasteiger partial charge in [0.15, 0.2) is 0 Å². The van der Waals surface area contributed by atoms with Crippen LogP contribution in [0.2, 0.25) is 0 Å². The lowest BCUT2D eigenvalue weighted by atomic mass is 10.2. The van der Waals surface area contributed by atoms with Crippen LogP contribution in [0.1, 0.15) is 5.56 Å². The lowest BCUT2D eigenvalue weighted by molar-refractivity contribution is -0.385. The number of halogens is 1.